The molecule has 0 aromatic rings. The van der Waals surface area contributed by atoms with Crippen LogP contribution >= 0.6 is 0 Å². The first kappa shape index (κ1) is 56.1. The van der Waals surface area contributed by atoms with E-state index < -0.39 is 30.4 Å². The average molecular weight is 677 g/mol. The number of unbranched alkanes of at least 4 members (excludes halogenated alkanes) is 17. The molecule has 0 aliphatic carbocycles. The maximum absolute atomic E-state index is 10.3. The van der Waals surface area contributed by atoms with Crippen molar-refractivity contribution in [1.82, 2.24) is 0 Å². The molecule has 0 aliphatic heterocycles. The zero-order valence-corrected chi connectivity index (χ0v) is 35.6. The molecule has 0 spiro atoms. The van der Waals surface area contributed by atoms with E-state index in [0.29, 0.717) is 19.3 Å². The summed E-state index contributed by atoms with van der Waals surface area (Å²) in [5.74, 6) is -0.588. The van der Waals surface area contributed by atoms with Gasteiger partial charge in [-0.1, -0.05) is 130 Å². The second-order valence-electron chi connectivity index (χ2n) is 9.80. The first-order valence-electron chi connectivity index (χ1n) is 14.5. The van der Waals surface area contributed by atoms with Crippen LogP contribution in [-0.2, 0) is 30.4 Å². The zero-order chi connectivity index (χ0) is 29.8. The van der Waals surface area contributed by atoms with Crippen molar-refractivity contribution in [3.8, 4) is 0 Å². The molecule has 0 amide bonds. The molecule has 15 heteroatoms. The molecule has 0 radical (unpaired) electrons. The SMILES string of the molecule is CCCCCCCCCCCCS(=O)(=O)[O-].CCCCCCCCS(=O)(=O)[O-].CCCCCCS(=O)(=O)[O-].[Na+].[Na+].[Na+]. The Hall–Kier alpha value is 2.73. The summed E-state index contributed by atoms with van der Waals surface area (Å²) in [6.07, 6.45) is 20.8. The van der Waals surface area contributed by atoms with E-state index in [9.17, 15) is 38.9 Å². The Morgan fingerprint density at radius 2 is 0.463 bits per heavy atom. The van der Waals surface area contributed by atoms with Crippen molar-refractivity contribution in [2.75, 3.05) is 17.3 Å². The molecule has 234 valence electrons. The molecule has 0 rings (SSSR count). The second-order valence-corrected chi connectivity index (χ2v) is 14.4. The Balaban J connectivity index is -0.000000111. The van der Waals surface area contributed by atoms with E-state index in [1.54, 1.807) is 0 Å². The summed E-state index contributed by atoms with van der Waals surface area (Å²) in [5.41, 5.74) is 0. The van der Waals surface area contributed by atoms with Gasteiger partial charge in [0.05, 0.1) is 30.4 Å². The van der Waals surface area contributed by atoms with Crippen molar-refractivity contribution < 1.29 is 128 Å². The molecule has 0 unspecified atom stereocenters. The predicted molar refractivity (Wildman–Crippen MR) is 153 cm³/mol. The van der Waals surface area contributed by atoms with E-state index in [1.807, 2.05) is 6.92 Å². The van der Waals surface area contributed by atoms with Crippen LogP contribution in [0.1, 0.15) is 149 Å². The Morgan fingerprint density at radius 3 is 0.634 bits per heavy atom. The van der Waals surface area contributed by atoms with E-state index in [2.05, 4.69) is 13.8 Å². The van der Waals surface area contributed by atoms with Gasteiger partial charge in [-0.05, 0) is 19.3 Å². The largest absolute Gasteiger partial charge is 1.00 e. The summed E-state index contributed by atoms with van der Waals surface area (Å²) in [5, 5.41) is 0. The van der Waals surface area contributed by atoms with Crippen LogP contribution in [0.25, 0.3) is 0 Å². The van der Waals surface area contributed by atoms with Gasteiger partial charge in [0.25, 0.3) is 0 Å². The first-order valence-corrected chi connectivity index (χ1v) is 19.2. The third kappa shape index (κ3) is 70.4. The van der Waals surface area contributed by atoms with Crippen LogP contribution in [0.5, 0.6) is 0 Å². The number of hydrogen-bond donors (Lipinski definition) is 0. The van der Waals surface area contributed by atoms with Crippen LogP contribution in [0.4, 0.5) is 0 Å². The van der Waals surface area contributed by atoms with Gasteiger partial charge in [-0.25, -0.2) is 25.3 Å². The van der Waals surface area contributed by atoms with Gasteiger partial charge >= 0.3 is 88.7 Å². The molecule has 41 heavy (non-hydrogen) atoms. The van der Waals surface area contributed by atoms with Crippen LogP contribution < -0.4 is 88.7 Å². The summed E-state index contributed by atoms with van der Waals surface area (Å²) in [6.45, 7) is 6.37. The van der Waals surface area contributed by atoms with E-state index in [1.165, 1.54) is 57.8 Å². The standard InChI is InChI=1S/C12H26O3S.C8H18O3S.C6H14O3S.3Na/c1-2-3-4-5-6-7-8-9-10-11-12-16(13,14)15;1-2-3-4-5-6-7-8-12(9,10)11;1-2-3-4-5-6-10(7,8)9;;;/h2-12H2,1H3,(H,13,14,15);2-8H2,1H3,(H,9,10,11);2-6H2,1H3,(H,7,8,9);;;/q;;;3*+1/p-3. The van der Waals surface area contributed by atoms with Crippen molar-refractivity contribution in [1.29, 1.82) is 0 Å². The van der Waals surface area contributed by atoms with Crippen LogP contribution in [0.2, 0.25) is 0 Å². The Labute approximate surface area is 320 Å². The Kier molecular flexibility index (Phi) is 53.2. The monoisotopic (exact) mass is 676 g/mol. The third-order valence-electron chi connectivity index (χ3n) is 5.74. The molecular weight excluding hydrogens is 621 g/mol. The van der Waals surface area contributed by atoms with Gasteiger partial charge in [0, 0.05) is 17.3 Å². The average Bonchev–Trinajstić information content (AvgIpc) is 2.79. The summed E-state index contributed by atoms with van der Waals surface area (Å²) < 4.78 is 91.5. The molecule has 0 fully saturated rings. The van der Waals surface area contributed by atoms with Crippen molar-refractivity contribution in [3.05, 3.63) is 0 Å². The summed E-state index contributed by atoms with van der Waals surface area (Å²) in [4.78, 5) is 0. The molecular formula is C26H55Na3O9S3. The molecule has 0 heterocycles. The maximum atomic E-state index is 10.3. The minimum absolute atomic E-state index is 0. The quantitative estimate of drug-likeness (QED) is 0.0643. The normalized spacial score (nSPS) is 11.0. The minimum atomic E-state index is -3.98. The Morgan fingerprint density at radius 1 is 0.317 bits per heavy atom. The molecule has 0 bridgehead atoms. The molecule has 0 N–H and O–H groups in total. The fourth-order valence-corrected chi connectivity index (χ4v) is 5.20. The van der Waals surface area contributed by atoms with Gasteiger partial charge in [-0.3, -0.25) is 0 Å². The minimum Gasteiger partial charge on any atom is -0.748 e. The van der Waals surface area contributed by atoms with E-state index in [0.717, 1.165) is 51.4 Å². The van der Waals surface area contributed by atoms with Gasteiger partial charge in [-0.15, -0.1) is 0 Å². The molecule has 0 atom stereocenters. The molecule has 9 nitrogen and oxygen atoms in total. The second kappa shape index (κ2) is 38.9. The van der Waals surface area contributed by atoms with Crippen LogP contribution in [0.3, 0.4) is 0 Å². The molecule has 0 aliphatic rings. The number of hydrogen-bond acceptors (Lipinski definition) is 9. The van der Waals surface area contributed by atoms with E-state index >= 15 is 0 Å². The summed E-state index contributed by atoms with van der Waals surface area (Å²) in [7, 11) is -11.9. The topological polar surface area (TPSA) is 172 Å². The van der Waals surface area contributed by atoms with Gasteiger partial charge in [0.2, 0.25) is 0 Å². The number of rotatable bonds is 23. The fourth-order valence-electron chi connectivity index (χ4n) is 3.53. The van der Waals surface area contributed by atoms with Crippen molar-refractivity contribution in [2.45, 2.75) is 149 Å². The zero-order valence-electron chi connectivity index (χ0n) is 27.2. The smallest absolute Gasteiger partial charge is 0.748 e. The molecule has 0 saturated heterocycles. The summed E-state index contributed by atoms with van der Waals surface area (Å²) >= 11 is 0. The van der Waals surface area contributed by atoms with E-state index in [-0.39, 0.29) is 106 Å². The maximum Gasteiger partial charge on any atom is 1.00 e. The van der Waals surface area contributed by atoms with Crippen molar-refractivity contribution >= 4 is 30.4 Å². The van der Waals surface area contributed by atoms with Crippen LogP contribution in [0.15, 0.2) is 0 Å². The Bertz CT molecular complexity index is 809. The predicted octanol–water partition coefficient (Wildman–Crippen LogP) is -2.53. The van der Waals surface area contributed by atoms with Gasteiger partial charge in [0.15, 0.2) is 0 Å². The fraction of sp³-hybridized carbons (Fsp3) is 1.00. The van der Waals surface area contributed by atoms with E-state index in [4.69, 9.17) is 0 Å². The van der Waals surface area contributed by atoms with Crippen molar-refractivity contribution in [2.24, 2.45) is 0 Å². The summed E-state index contributed by atoms with van der Waals surface area (Å²) in [6, 6.07) is 0. The van der Waals surface area contributed by atoms with Gasteiger partial charge < -0.3 is 13.7 Å². The van der Waals surface area contributed by atoms with Crippen molar-refractivity contribution in [3.63, 3.8) is 0 Å². The van der Waals surface area contributed by atoms with Gasteiger partial charge in [0.1, 0.15) is 0 Å². The van der Waals surface area contributed by atoms with Gasteiger partial charge in [-0.2, -0.15) is 0 Å². The molecule has 0 aromatic heterocycles. The third-order valence-corrected chi connectivity index (χ3v) is 8.11. The molecule has 0 saturated carbocycles. The van der Waals surface area contributed by atoms with Crippen LogP contribution in [-0.4, -0.2) is 56.2 Å². The van der Waals surface area contributed by atoms with Crippen LogP contribution in [0, 0.1) is 0 Å². The first-order chi connectivity index (χ1) is 17.7. The molecule has 0 aromatic carbocycles.